The van der Waals surface area contributed by atoms with Crippen molar-refractivity contribution in [2.24, 2.45) is 0 Å². The lowest BCUT2D eigenvalue weighted by Gasteiger charge is -1.98. The molecule has 0 saturated carbocycles. The Morgan fingerprint density at radius 2 is 2.33 bits per heavy atom. The Morgan fingerprint density at radius 1 is 1.50 bits per heavy atom. The molecule has 0 spiro atoms. The summed E-state index contributed by atoms with van der Waals surface area (Å²) in [5.41, 5.74) is 0.673. The summed E-state index contributed by atoms with van der Waals surface area (Å²) in [6.45, 7) is 1.12. The third-order valence-corrected chi connectivity index (χ3v) is 2.79. The van der Waals surface area contributed by atoms with Crippen LogP contribution in [-0.2, 0) is 4.74 Å². The molecule has 7 heteroatoms. The Morgan fingerprint density at radius 3 is 3.06 bits per heavy atom. The molecule has 2 aromatic rings. The number of anilines is 1. The van der Waals surface area contributed by atoms with Crippen LogP contribution in [0.2, 0.25) is 0 Å². The molecule has 18 heavy (non-hydrogen) atoms. The van der Waals surface area contributed by atoms with E-state index >= 15 is 0 Å². The van der Waals surface area contributed by atoms with E-state index in [-0.39, 0.29) is 5.82 Å². The minimum Gasteiger partial charge on any atom is -0.383 e. The molecule has 0 aliphatic carbocycles. The predicted octanol–water partition coefficient (Wildman–Crippen LogP) is 2.70. The fraction of sp³-hybridized carbons (Fsp3) is 0.273. The highest BCUT2D eigenvalue weighted by molar-refractivity contribution is 9.10. The summed E-state index contributed by atoms with van der Waals surface area (Å²) < 4.78 is 23.3. The predicted molar refractivity (Wildman–Crippen MR) is 67.8 cm³/mol. The van der Waals surface area contributed by atoms with Gasteiger partial charge < -0.3 is 14.6 Å². The zero-order valence-corrected chi connectivity index (χ0v) is 11.2. The summed E-state index contributed by atoms with van der Waals surface area (Å²) in [5, 5.41) is 6.71. The first kappa shape index (κ1) is 13.0. The number of hydrogen-bond donors (Lipinski definition) is 1. The molecule has 1 N–H and O–H groups in total. The maximum atomic E-state index is 13.1. The Hall–Kier alpha value is -1.47. The lowest BCUT2D eigenvalue weighted by Crippen LogP contribution is -2.07. The van der Waals surface area contributed by atoms with Gasteiger partial charge in [0.2, 0.25) is 5.82 Å². The number of aromatic nitrogens is 2. The Bertz CT molecular complexity index is 533. The first-order valence-electron chi connectivity index (χ1n) is 5.22. The second-order valence-electron chi connectivity index (χ2n) is 3.47. The standard InChI is InChI=1S/C11H11BrFN3O2/c1-17-5-4-14-11-15-10(16-18-11)7-2-3-9(13)8(12)6-7/h2-3,6H,4-5H2,1H3,(H,14,15,16). The molecular formula is C11H11BrFN3O2. The quantitative estimate of drug-likeness (QED) is 0.860. The van der Waals surface area contributed by atoms with Gasteiger partial charge >= 0.3 is 6.01 Å². The molecule has 0 aliphatic heterocycles. The molecule has 0 unspecified atom stereocenters. The van der Waals surface area contributed by atoms with E-state index in [1.54, 1.807) is 19.2 Å². The molecule has 0 aliphatic rings. The molecule has 1 aromatic heterocycles. The maximum absolute atomic E-state index is 13.1. The minimum absolute atomic E-state index is 0.308. The van der Waals surface area contributed by atoms with E-state index in [1.807, 2.05) is 0 Å². The average molecular weight is 316 g/mol. The summed E-state index contributed by atoms with van der Waals surface area (Å²) in [6.07, 6.45) is 0. The van der Waals surface area contributed by atoms with Crippen LogP contribution in [0.25, 0.3) is 11.4 Å². The first-order valence-corrected chi connectivity index (χ1v) is 6.02. The molecular weight excluding hydrogens is 305 g/mol. The van der Waals surface area contributed by atoms with E-state index in [0.29, 0.717) is 35.0 Å². The van der Waals surface area contributed by atoms with Gasteiger partial charge in [-0.1, -0.05) is 5.16 Å². The molecule has 96 valence electrons. The zero-order valence-electron chi connectivity index (χ0n) is 9.61. The molecule has 0 atom stereocenters. The highest BCUT2D eigenvalue weighted by atomic mass is 79.9. The third kappa shape index (κ3) is 3.05. The van der Waals surface area contributed by atoms with Gasteiger partial charge in [0.05, 0.1) is 11.1 Å². The van der Waals surface area contributed by atoms with Crippen molar-refractivity contribution in [2.45, 2.75) is 0 Å². The van der Waals surface area contributed by atoms with Gasteiger partial charge in [0, 0.05) is 19.2 Å². The third-order valence-electron chi connectivity index (χ3n) is 2.19. The van der Waals surface area contributed by atoms with Gasteiger partial charge in [0.1, 0.15) is 5.82 Å². The van der Waals surface area contributed by atoms with Gasteiger partial charge in [-0.25, -0.2) is 4.39 Å². The second kappa shape index (κ2) is 5.92. The highest BCUT2D eigenvalue weighted by Crippen LogP contribution is 2.23. The molecule has 0 bridgehead atoms. The zero-order chi connectivity index (χ0) is 13.0. The van der Waals surface area contributed by atoms with Gasteiger partial charge in [-0.15, -0.1) is 0 Å². The summed E-state index contributed by atoms with van der Waals surface area (Å²) in [6, 6.07) is 4.83. The van der Waals surface area contributed by atoms with Crippen LogP contribution >= 0.6 is 15.9 Å². The van der Waals surface area contributed by atoms with Crippen molar-refractivity contribution < 1.29 is 13.7 Å². The fourth-order valence-electron chi connectivity index (χ4n) is 1.31. The van der Waals surface area contributed by atoms with Gasteiger partial charge in [-0.3, -0.25) is 0 Å². The normalized spacial score (nSPS) is 10.6. The monoisotopic (exact) mass is 315 g/mol. The van der Waals surface area contributed by atoms with Crippen molar-refractivity contribution in [1.82, 2.24) is 10.1 Å². The number of hydrogen-bond acceptors (Lipinski definition) is 5. The number of rotatable bonds is 5. The van der Waals surface area contributed by atoms with Gasteiger partial charge in [-0.2, -0.15) is 4.98 Å². The van der Waals surface area contributed by atoms with Gasteiger partial charge in [-0.05, 0) is 34.1 Å². The van der Waals surface area contributed by atoms with Crippen molar-refractivity contribution >= 4 is 21.9 Å². The number of methoxy groups -OCH3 is 1. The fourth-order valence-corrected chi connectivity index (χ4v) is 1.69. The highest BCUT2D eigenvalue weighted by Gasteiger charge is 2.09. The van der Waals surface area contributed by atoms with Crippen LogP contribution in [0.1, 0.15) is 0 Å². The van der Waals surface area contributed by atoms with Crippen LogP contribution in [0.3, 0.4) is 0 Å². The Kier molecular flexibility index (Phi) is 4.27. The smallest absolute Gasteiger partial charge is 0.321 e. The summed E-state index contributed by atoms with van der Waals surface area (Å²) in [7, 11) is 1.61. The van der Waals surface area contributed by atoms with E-state index < -0.39 is 0 Å². The number of ether oxygens (including phenoxy) is 1. The first-order chi connectivity index (χ1) is 8.70. The molecule has 2 rings (SSSR count). The van der Waals surface area contributed by atoms with E-state index in [4.69, 9.17) is 9.26 Å². The van der Waals surface area contributed by atoms with Crippen LogP contribution < -0.4 is 5.32 Å². The van der Waals surface area contributed by atoms with Crippen LogP contribution in [0.15, 0.2) is 27.2 Å². The lowest BCUT2D eigenvalue weighted by atomic mass is 10.2. The molecule has 5 nitrogen and oxygen atoms in total. The number of nitrogens with one attached hydrogen (secondary N) is 1. The van der Waals surface area contributed by atoms with Crippen molar-refractivity contribution in [2.75, 3.05) is 25.6 Å². The average Bonchev–Trinajstić information content (AvgIpc) is 2.82. The number of nitrogens with zero attached hydrogens (tertiary/aromatic N) is 2. The topological polar surface area (TPSA) is 60.2 Å². The largest absolute Gasteiger partial charge is 0.383 e. The molecule has 0 fully saturated rings. The second-order valence-corrected chi connectivity index (χ2v) is 4.33. The van der Waals surface area contributed by atoms with Crippen LogP contribution in [0.5, 0.6) is 0 Å². The molecule has 0 amide bonds. The Balaban J connectivity index is 2.11. The Labute approximate surface area is 111 Å². The van der Waals surface area contributed by atoms with Gasteiger partial charge in [0.15, 0.2) is 0 Å². The minimum atomic E-state index is -0.333. The van der Waals surface area contributed by atoms with Gasteiger partial charge in [0.25, 0.3) is 0 Å². The number of benzene rings is 1. The summed E-state index contributed by atoms with van der Waals surface area (Å²) >= 11 is 3.11. The molecule has 0 radical (unpaired) electrons. The molecule has 1 aromatic carbocycles. The molecule has 1 heterocycles. The van der Waals surface area contributed by atoms with Crippen molar-refractivity contribution in [3.05, 3.63) is 28.5 Å². The van der Waals surface area contributed by atoms with Crippen molar-refractivity contribution in [1.29, 1.82) is 0 Å². The van der Waals surface area contributed by atoms with E-state index in [9.17, 15) is 4.39 Å². The van der Waals surface area contributed by atoms with E-state index in [1.165, 1.54) is 6.07 Å². The van der Waals surface area contributed by atoms with Crippen molar-refractivity contribution in [3.8, 4) is 11.4 Å². The van der Waals surface area contributed by atoms with Crippen LogP contribution in [0, 0.1) is 5.82 Å². The van der Waals surface area contributed by atoms with Crippen LogP contribution in [0.4, 0.5) is 10.4 Å². The van der Waals surface area contributed by atoms with Crippen LogP contribution in [-0.4, -0.2) is 30.4 Å². The molecule has 0 saturated heterocycles. The number of halogens is 2. The summed E-state index contributed by atoms with van der Waals surface area (Å²) in [4.78, 5) is 4.14. The SMILES string of the molecule is COCCNc1nc(-c2ccc(F)c(Br)c2)no1. The lowest BCUT2D eigenvalue weighted by molar-refractivity contribution is 0.210. The van der Waals surface area contributed by atoms with Crippen molar-refractivity contribution in [3.63, 3.8) is 0 Å². The van der Waals surface area contributed by atoms with E-state index in [0.717, 1.165) is 0 Å². The summed E-state index contributed by atoms with van der Waals surface area (Å²) in [5.74, 6) is 0.0660. The maximum Gasteiger partial charge on any atom is 0.321 e. The van der Waals surface area contributed by atoms with E-state index in [2.05, 4.69) is 31.4 Å².